The summed E-state index contributed by atoms with van der Waals surface area (Å²) in [4.78, 5) is 38.0. The van der Waals surface area contributed by atoms with Crippen LogP contribution in [-0.4, -0.2) is 31.3 Å². The number of benzene rings is 4. The van der Waals surface area contributed by atoms with Crippen LogP contribution in [0.3, 0.4) is 0 Å². The Morgan fingerprint density at radius 1 is 0.978 bits per heavy atom. The highest BCUT2D eigenvalue weighted by atomic mass is 35.5. The zero-order chi connectivity index (χ0) is 31.9. The van der Waals surface area contributed by atoms with Crippen molar-refractivity contribution in [1.82, 2.24) is 4.57 Å². The van der Waals surface area contributed by atoms with Gasteiger partial charge in [0, 0.05) is 33.0 Å². The number of ether oxygens (including phenoxy) is 2. The third kappa shape index (κ3) is 5.24. The van der Waals surface area contributed by atoms with Crippen molar-refractivity contribution < 1.29 is 14.3 Å². The number of hydrogen-bond donors (Lipinski definition) is 0. The summed E-state index contributed by atoms with van der Waals surface area (Å²) < 4.78 is 13.4. The van der Waals surface area contributed by atoms with Crippen molar-refractivity contribution in [2.75, 3.05) is 25.7 Å². The molecule has 3 heterocycles. The van der Waals surface area contributed by atoms with Gasteiger partial charge in [0.2, 0.25) is 0 Å². The molecule has 4 aromatic carbocycles. The number of halogens is 1. The van der Waals surface area contributed by atoms with E-state index in [1.165, 1.54) is 16.2 Å². The molecule has 46 heavy (non-hydrogen) atoms. The standard InChI is InChI=1S/C36H28ClN3O4S2/c1-4-44-35(42)31-32(22-10-6-5-7-11-22)38-36-40(33(31)24-20-23(37)15-17-27(24)43-3)34(41)30(46-36)19-21-14-16-26-29(18-21)45-28-13-9-8-12-25(28)39(26)2/h5-20,33H,4H2,1-3H3/b30-19-/t33-/m0/s1. The molecule has 0 spiro atoms. The molecule has 2 aliphatic rings. The molecule has 1 aromatic heterocycles. The molecule has 230 valence electrons. The molecule has 0 radical (unpaired) electrons. The van der Waals surface area contributed by atoms with E-state index in [1.54, 1.807) is 48.6 Å². The Labute approximate surface area is 278 Å². The highest BCUT2D eigenvalue weighted by Gasteiger charge is 2.37. The molecular weight excluding hydrogens is 638 g/mol. The van der Waals surface area contributed by atoms with Gasteiger partial charge in [-0.2, -0.15) is 0 Å². The van der Waals surface area contributed by atoms with E-state index < -0.39 is 12.0 Å². The molecule has 0 N–H and O–H groups in total. The van der Waals surface area contributed by atoms with Gasteiger partial charge in [-0.3, -0.25) is 9.36 Å². The lowest BCUT2D eigenvalue weighted by Gasteiger charge is -2.29. The van der Waals surface area contributed by atoms with Crippen LogP contribution in [0.5, 0.6) is 5.75 Å². The number of rotatable bonds is 6. The fraction of sp³-hybridized carbons (Fsp3) is 0.139. The molecule has 0 bridgehead atoms. The van der Waals surface area contributed by atoms with E-state index in [0.29, 0.717) is 31.4 Å². The van der Waals surface area contributed by atoms with Crippen molar-refractivity contribution >= 4 is 63.8 Å². The van der Waals surface area contributed by atoms with E-state index in [4.69, 9.17) is 26.1 Å². The summed E-state index contributed by atoms with van der Waals surface area (Å²) in [6, 6.07) is 28.2. The van der Waals surface area contributed by atoms with Gasteiger partial charge in [0.05, 0.1) is 40.9 Å². The number of carbonyl (C=O) groups is 1. The summed E-state index contributed by atoms with van der Waals surface area (Å²) in [5.41, 5.74) is 4.81. The van der Waals surface area contributed by atoms with E-state index in [1.807, 2.05) is 54.6 Å². The zero-order valence-corrected chi connectivity index (χ0v) is 27.6. The molecule has 5 aromatic rings. The molecule has 7 rings (SSSR count). The van der Waals surface area contributed by atoms with Crippen molar-refractivity contribution in [3.63, 3.8) is 0 Å². The summed E-state index contributed by atoms with van der Waals surface area (Å²) in [7, 11) is 3.61. The Morgan fingerprint density at radius 3 is 2.52 bits per heavy atom. The van der Waals surface area contributed by atoms with Gasteiger partial charge in [-0.1, -0.05) is 83.2 Å². The zero-order valence-electron chi connectivity index (χ0n) is 25.2. The Hall–Kier alpha value is -4.57. The number of fused-ring (bicyclic) bond motifs is 3. The first-order chi connectivity index (χ1) is 22.4. The van der Waals surface area contributed by atoms with E-state index in [2.05, 4.69) is 36.2 Å². The third-order valence-corrected chi connectivity index (χ3v) is 10.3. The third-order valence-electron chi connectivity index (χ3n) is 7.95. The number of anilines is 2. The van der Waals surface area contributed by atoms with Crippen LogP contribution in [0.15, 0.2) is 116 Å². The quantitative estimate of drug-likeness (QED) is 0.185. The molecule has 10 heteroatoms. The molecule has 0 unspecified atom stereocenters. The number of para-hydroxylation sites is 1. The maximum absolute atomic E-state index is 14.4. The van der Waals surface area contributed by atoms with Crippen molar-refractivity contribution in [3.8, 4) is 5.75 Å². The normalized spacial score (nSPS) is 15.5. The molecule has 0 fully saturated rings. The molecule has 2 aliphatic heterocycles. The maximum atomic E-state index is 14.4. The smallest absolute Gasteiger partial charge is 0.338 e. The Morgan fingerprint density at radius 2 is 1.74 bits per heavy atom. The number of nitrogens with zero attached hydrogens (tertiary/aromatic N) is 3. The molecular formula is C36H28ClN3O4S2. The van der Waals surface area contributed by atoms with Gasteiger partial charge < -0.3 is 14.4 Å². The van der Waals surface area contributed by atoms with Crippen molar-refractivity contribution in [2.45, 2.75) is 22.8 Å². The van der Waals surface area contributed by atoms with Crippen LogP contribution in [0, 0.1) is 0 Å². The lowest BCUT2D eigenvalue weighted by atomic mass is 9.92. The van der Waals surface area contributed by atoms with Gasteiger partial charge in [0.25, 0.3) is 5.56 Å². The monoisotopic (exact) mass is 665 g/mol. The number of methoxy groups -OCH3 is 1. The van der Waals surface area contributed by atoms with Crippen LogP contribution in [-0.2, 0) is 9.53 Å². The predicted octanol–water partition coefficient (Wildman–Crippen LogP) is 6.83. The van der Waals surface area contributed by atoms with Gasteiger partial charge in [-0.15, -0.1) is 0 Å². The highest BCUT2D eigenvalue weighted by molar-refractivity contribution is 7.99. The molecule has 1 atom stereocenters. The van der Waals surface area contributed by atoms with E-state index in [-0.39, 0.29) is 17.7 Å². The second-order valence-corrected chi connectivity index (χ2v) is 13.2. The number of thiazole rings is 1. The number of aromatic nitrogens is 1. The summed E-state index contributed by atoms with van der Waals surface area (Å²) >= 11 is 9.49. The first-order valence-corrected chi connectivity index (χ1v) is 16.7. The van der Waals surface area contributed by atoms with Gasteiger partial charge in [0.1, 0.15) is 11.8 Å². The van der Waals surface area contributed by atoms with Crippen LogP contribution in [0.4, 0.5) is 11.4 Å². The minimum atomic E-state index is -0.898. The minimum Gasteiger partial charge on any atom is -0.496 e. The van der Waals surface area contributed by atoms with Gasteiger partial charge in [-0.25, -0.2) is 9.79 Å². The molecule has 0 amide bonds. The minimum absolute atomic E-state index is 0.157. The lowest BCUT2D eigenvalue weighted by molar-refractivity contribution is -0.138. The highest BCUT2D eigenvalue weighted by Crippen LogP contribution is 2.47. The SMILES string of the molecule is CCOC(=O)C1=C(c2ccccc2)N=c2s/c(=C\c3ccc4c(c3)Sc3ccccc3N4C)c(=O)n2[C@H]1c1cc(Cl)ccc1OC. The van der Waals surface area contributed by atoms with Crippen LogP contribution in [0.25, 0.3) is 11.8 Å². The summed E-state index contributed by atoms with van der Waals surface area (Å²) in [5.74, 6) is -0.0845. The van der Waals surface area contributed by atoms with Crippen LogP contribution in [0.2, 0.25) is 5.02 Å². The number of hydrogen-bond acceptors (Lipinski definition) is 8. The number of esters is 1. The fourth-order valence-corrected chi connectivity index (χ4v) is 8.23. The van der Waals surface area contributed by atoms with E-state index in [9.17, 15) is 9.59 Å². The van der Waals surface area contributed by atoms with E-state index >= 15 is 0 Å². The van der Waals surface area contributed by atoms with Crippen molar-refractivity contribution in [3.05, 3.63) is 138 Å². The topological polar surface area (TPSA) is 73.1 Å². The molecule has 0 aliphatic carbocycles. The Bertz CT molecular complexity index is 2230. The number of carbonyl (C=O) groups excluding carboxylic acids is 1. The molecule has 0 saturated heterocycles. The van der Waals surface area contributed by atoms with Crippen molar-refractivity contribution in [1.29, 1.82) is 0 Å². The average Bonchev–Trinajstić information content (AvgIpc) is 3.38. The van der Waals surface area contributed by atoms with Gasteiger partial charge in [-0.05, 0) is 61.0 Å². The molecule has 7 nitrogen and oxygen atoms in total. The van der Waals surface area contributed by atoms with Crippen LogP contribution < -0.4 is 24.5 Å². The maximum Gasteiger partial charge on any atom is 0.338 e. The largest absolute Gasteiger partial charge is 0.496 e. The van der Waals surface area contributed by atoms with Crippen LogP contribution in [0.1, 0.15) is 29.7 Å². The second kappa shape index (κ2) is 12.3. The Kier molecular flexibility index (Phi) is 8.06. The van der Waals surface area contributed by atoms with Crippen molar-refractivity contribution in [2.24, 2.45) is 4.99 Å². The second-order valence-electron chi connectivity index (χ2n) is 10.7. The summed E-state index contributed by atoms with van der Waals surface area (Å²) in [6.45, 7) is 1.91. The first-order valence-electron chi connectivity index (χ1n) is 14.6. The van der Waals surface area contributed by atoms with Gasteiger partial charge >= 0.3 is 5.97 Å². The molecule has 0 saturated carbocycles. The predicted molar refractivity (Wildman–Crippen MR) is 184 cm³/mol. The van der Waals surface area contributed by atoms with E-state index in [0.717, 1.165) is 27.4 Å². The summed E-state index contributed by atoms with van der Waals surface area (Å²) in [6.07, 6.45) is 1.88. The Balaban J connectivity index is 1.45. The lowest BCUT2D eigenvalue weighted by Crippen LogP contribution is -2.40. The van der Waals surface area contributed by atoms with Crippen LogP contribution >= 0.6 is 34.7 Å². The average molecular weight is 666 g/mol. The summed E-state index contributed by atoms with van der Waals surface area (Å²) in [5, 5.41) is 0.442. The first kappa shape index (κ1) is 30.1. The fourth-order valence-electron chi connectivity index (χ4n) is 5.85. The van der Waals surface area contributed by atoms with Gasteiger partial charge in [0.15, 0.2) is 4.80 Å².